The summed E-state index contributed by atoms with van der Waals surface area (Å²) in [6.45, 7) is 1.10. The molecule has 2 fully saturated rings. The van der Waals surface area contributed by atoms with E-state index in [2.05, 4.69) is 4.74 Å². The van der Waals surface area contributed by atoms with Crippen LogP contribution in [0, 0.1) is 11.8 Å². The van der Waals surface area contributed by atoms with Gasteiger partial charge in [0.2, 0.25) is 0 Å². The van der Waals surface area contributed by atoms with E-state index in [-0.39, 0.29) is 30.2 Å². The monoisotopic (exact) mass is 272 g/mol. The summed E-state index contributed by atoms with van der Waals surface area (Å²) in [4.78, 5) is 23.3. The molecule has 0 amide bonds. The average Bonchev–Trinajstić information content (AvgIpc) is 2.88. The van der Waals surface area contributed by atoms with Crippen molar-refractivity contribution in [3.8, 4) is 0 Å². The number of rotatable bonds is 3. The lowest BCUT2D eigenvalue weighted by atomic mass is 9.74. The van der Waals surface area contributed by atoms with Crippen molar-refractivity contribution < 1.29 is 28.5 Å². The van der Waals surface area contributed by atoms with E-state index in [1.165, 1.54) is 14.2 Å². The summed E-state index contributed by atoms with van der Waals surface area (Å²) in [7, 11) is 2.71. The van der Waals surface area contributed by atoms with Crippen LogP contribution >= 0.6 is 0 Å². The van der Waals surface area contributed by atoms with Crippen LogP contribution in [0.25, 0.3) is 0 Å². The summed E-state index contributed by atoms with van der Waals surface area (Å²) in [5, 5.41) is 0. The van der Waals surface area contributed by atoms with Gasteiger partial charge < -0.3 is 18.9 Å². The molecule has 1 spiro atoms. The molecule has 6 nitrogen and oxygen atoms in total. The largest absolute Gasteiger partial charge is 0.469 e. The topological polar surface area (TPSA) is 71.1 Å². The Morgan fingerprint density at radius 1 is 1.21 bits per heavy atom. The Morgan fingerprint density at radius 3 is 2.47 bits per heavy atom. The van der Waals surface area contributed by atoms with Crippen LogP contribution in [0.3, 0.4) is 0 Å². The van der Waals surface area contributed by atoms with E-state index in [0.717, 1.165) is 0 Å². The third-order valence-electron chi connectivity index (χ3n) is 3.97. The van der Waals surface area contributed by atoms with E-state index in [0.29, 0.717) is 32.5 Å². The van der Waals surface area contributed by atoms with Crippen LogP contribution in [-0.4, -0.2) is 45.2 Å². The second kappa shape index (κ2) is 5.88. The van der Waals surface area contributed by atoms with Crippen LogP contribution in [0.5, 0.6) is 0 Å². The van der Waals surface area contributed by atoms with Crippen LogP contribution in [0.4, 0.5) is 0 Å². The number of methoxy groups -OCH3 is 2. The summed E-state index contributed by atoms with van der Waals surface area (Å²) in [6, 6.07) is 0. The van der Waals surface area contributed by atoms with Gasteiger partial charge in [0.25, 0.3) is 0 Å². The molecule has 1 aliphatic carbocycles. The molecule has 2 unspecified atom stereocenters. The molecule has 1 saturated heterocycles. The second-order valence-corrected chi connectivity index (χ2v) is 5.02. The highest BCUT2D eigenvalue weighted by Crippen LogP contribution is 2.43. The van der Waals surface area contributed by atoms with Gasteiger partial charge in [0.15, 0.2) is 5.79 Å². The Hall–Kier alpha value is -1.14. The van der Waals surface area contributed by atoms with Gasteiger partial charge in [-0.3, -0.25) is 9.59 Å². The van der Waals surface area contributed by atoms with Gasteiger partial charge in [-0.2, -0.15) is 0 Å². The highest BCUT2D eigenvalue weighted by Gasteiger charge is 2.48. The molecule has 0 bridgehead atoms. The zero-order valence-electron chi connectivity index (χ0n) is 11.3. The smallest absolute Gasteiger partial charge is 0.309 e. The first-order valence-electron chi connectivity index (χ1n) is 6.53. The van der Waals surface area contributed by atoms with Crippen molar-refractivity contribution in [1.82, 2.24) is 0 Å². The predicted molar refractivity (Wildman–Crippen MR) is 64.1 cm³/mol. The molecule has 0 aromatic carbocycles. The van der Waals surface area contributed by atoms with Crippen molar-refractivity contribution >= 4 is 11.9 Å². The molecule has 0 aromatic rings. The molecule has 108 valence electrons. The molecule has 1 heterocycles. The minimum Gasteiger partial charge on any atom is -0.469 e. The minimum atomic E-state index is -0.661. The Labute approximate surface area is 112 Å². The lowest BCUT2D eigenvalue weighted by Crippen LogP contribution is -2.44. The first-order valence-corrected chi connectivity index (χ1v) is 6.53. The molecule has 2 aliphatic rings. The molecular weight excluding hydrogens is 252 g/mol. The third kappa shape index (κ3) is 3.06. The lowest BCUT2D eigenvalue weighted by Gasteiger charge is -2.39. The third-order valence-corrected chi connectivity index (χ3v) is 3.97. The Kier molecular flexibility index (Phi) is 4.42. The zero-order valence-corrected chi connectivity index (χ0v) is 11.3. The molecule has 0 radical (unpaired) electrons. The van der Waals surface area contributed by atoms with Crippen molar-refractivity contribution in [3.63, 3.8) is 0 Å². The first-order chi connectivity index (χ1) is 9.10. The number of carbonyl (C=O) groups excluding carboxylic acids is 2. The maximum Gasteiger partial charge on any atom is 0.309 e. The molecule has 1 aliphatic heterocycles. The highest BCUT2D eigenvalue weighted by atomic mass is 16.7. The summed E-state index contributed by atoms with van der Waals surface area (Å²) in [6.07, 6.45) is 2.06. The van der Waals surface area contributed by atoms with Crippen LogP contribution < -0.4 is 0 Å². The molecule has 1 saturated carbocycles. The molecular formula is C13H20O6. The molecule has 19 heavy (non-hydrogen) atoms. The van der Waals surface area contributed by atoms with Crippen LogP contribution in [0.15, 0.2) is 0 Å². The van der Waals surface area contributed by atoms with Crippen LogP contribution in [-0.2, 0) is 28.5 Å². The fraction of sp³-hybridized carbons (Fsp3) is 0.846. The predicted octanol–water partition coefficient (Wildman–Crippen LogP) is 0.882. The Morgan fingerprint density at radius 2 is 1.89 bits per heavy atom. The average molecular weight is 272 g/mol. The fourth-order valence-electron chi connectivity index (χ4n) is 2.94. The van der Waals surface area contributed by atoms with E-state index in [1.54, 1.807) is 0 Å². The van der Waals surface area contributed by atoms with Crippen LogP contribution in [0.1, 0.15) is 25.7 Å². The number of carbonyl (C=O) groups is 2. The van der Waals surface area contributed by atoms with Gasteiger partial charge in [-0.05, 0) is 12.3 Å². The lowest BCUT2D eigenvalue weighted by molar-refractivity contribution is -0.203. The Bertz CT molecular complexity index is 347. The van der Waals surface area contributed by atoms with Gasteiger partial charge in [0.05, 0.1) is 33.4 Å². The number of esters is 2. The van der Waals surface area contributed by atoms with Gasteiger partial charge in [0.1, 0.15) is 0 Å². The maximum absolute atomic E-state index is 11.9. The Balaban J connectivity index is 2.07. The van der Waals surface area contributed by atoms with Crippen molar-refractivity contribution in [2.24, 2.45) is 11.8 Å². The maximum atomic E-state index is 11.9. The SMILES string of the molecule is COC(=O)CC1CCC2(CC1C(=O)OC)OCCO2. The molecule has 0 aromatic heterocycles. The van der Waals surface area contributed by atoms with Crippen LogP contribution in [0.2, 0.25) is 0 Å². The number of hydrogen-bond acceptors (Lipinski definition) is 6. The molecule has 2 rings (SSSR count). The molecule has 0 N–H and O–H groups in total. The number of ether oxygens (including phenoxy) is 4. The van der Waals surface area contributed by atoms with Crippen molar-refractivity contribution in [1.29, 1.82) is 0 Å². The van der Waals surface area contributed by atoms with Crippen molar-refractivity contribution in [3.05, 3.63) is 0 Å². The summed E-state index contributed by atoms with van der Waals surface area (Å²) in [5.41, 5.74) is 0. The fourth-order valence-corrected chi connectivity index (χ4v) is 2.94. The summed E-state index contributed by atoms with van der Waals surface area (Å²) >= 11 is 0. The normalized spacial score (nSPS) is 29.2. The van der Waals surface area contributed by atoms with E-state index >= 15 is 0 Å². The minimum absolute atomic E-state index is 0.0710. The number of hydrogen-bond donors (Lipinski definition) is 0. The molecule has 2 atom stereocenters. The summed E-state index contributed by atoms with van der Waals surface area (Å²) in [5.74, 6) is -1.73. The zero-order chi connectivity index (χ0) is 13.9. The van der Waals surface area contributed by atoms with Crippen molar-refractivity contribution in [2.45, 2.75) is 31.5 Å². The standard InChI is InChI=1S/C13H20O6/c1-16-11(14)7-9-3-4-13(18-5-6-19-13)8-10(9)12(15)17-2/h9-10H,3-8H2,1-2H3. The van der Waals surface area contributed by atoms with E-state index in [4.69, 9.17) is 14.2 Å². The van der Waals surface area contributed by atoms with Gasteiger partial charge in [-0.15, -0.1) is 0 Å². The van der Waals surface area contributed by atoms with Gasteiger partial charge >= 0.3 is 11.9 Å². The summed E-state index contributed by atoms with van der Waals surface area (Å²) < 4.78 is 20.8. The molecule has 6 heteroatoms. The van der Waals surface area contributed by atoms with E-state index in [9.17, 15) is 9.59 Å². The van der Waals surface area contributed by atoms with Gasteiger partial charge in [-0.1, -0.05) is 0 Å². The van der Waals surface area contributed by atoms with Gasteiger partial charge in [-0.25, -0.2) is 0 Å². The van der Waals surface area contributed by atoms with E-state index < -0.39 is 5.79 Å². The quantitative estimate of drug-likeness (QED) is 0.710. The first kappa shape index (κ1) is 14.3. The van der Waals surface area contributed by atoms with E-state index in [1.807, 2.05) is 0 Å². The highest BCUT2D eigenvalue weighted by molar-refractivity contribution is 5.75. The van der Waals surface area contributed by atoms with Crippen molar-refractivity contribution in [2.75, 3.05) is 27.4 Å². The second-order valence-electron chi connectivity index (χ2n) is 5.02. The van der Waals surface area contributed by atoms with Gasteiger partial charge in [0, 0.05) is 19.3 Å².